The van der Waals surface area contributed by atoms with Gasteiger partial charge in [-0.3, -0.25) is 4.90 Å². The second-order valence-electron chi connectivity index (χ2n) is 4.35. The summed E-state index contributed by atoms with van der Waals surface area (Å²) in [7, 11) is 0. The van der Waals surface area contributed by atoms with E-state index < -0.39 is 6.09 Å². The van der Waals surface area contributed by atoms with E-state index in [1.54, 1.807) is 17.0 Å². The first-order valence-electron chi connectivity index (χ1n) is 6.02. The second-order valence-corrected chi connectivity index (χ2v) is 4.35. The molecule has 1 unspecified atom stereocenters. The number of benzene rings is 2. The van der Waals surface area contributed by atoms with Crippen molar-refractivity contribution in [2.45, 2.75) is 6.04 Å². The SMILES string of the molecule is O=C1OCC(c2ccccc2)N1c1ccc(F)cc1. The average molecular weight is 257 g/mol. The van der Waals surface area contributed by atoms with Crippen molar-refractivity contribution in [2.75, 3.05) is 11.5 Å². The van der Waals surface area contributed by atoms with Gasteiger partial charge in [0.1, 0.15) is 12.4 Å². The Morgan fingerprint density at radius 3 is 2.42 bits per heavy atom. The third kappa shape index (κ3) is 2.17. The van der Waals surface area contributed by atoms with Crippen LogP contribution in [0.5, 0.6) is 0 Å². The van der Waals surface area contributed by atoms with Crippen LogP contribution >= 0.6 is 0 Å². The standard InChI is InChI=1S/C15H12FNO2/c16-12-6-8-13(9-7-12)17-14(10-19-15(17)18)11-4-2-1-3-5-11/h1-9,14H,10H2. The highest BCUT2D eigenvalue weighted by atomic mass is 19.1. The molecule has 4 heteroatoms. The summed E-state index contributed by atoms with van der Waals surface area (Å²) in [5.74, 6) is -0.326. The molecule has 1 saturated heterocycles. The van der Waals surface area contributed by atoms with Crippen LogP contribution in [0.2, 0.25) is 0 Å². The van der Waals surface area contributed by atoms with Crippen molar-refractivity contribution in [1.29, 1.82) is 0 Å². The summed E-state index contributed by atoms with van der Waals surface area (Å²) in [5.41, 5.74) is 1.63. The van der Waals surface area contributed by atoms with E-state index >= 15 is 0 Å². The molecule has 96 valence electrons. The predicted molar refractivity (Wildman–Crippen MR) is 69.4 cm³/mol. The number of cyclic esters (lactones) is 1. The molecule has 1 fully saturated rings. The summed E-state index contributed by atoms with van der Waals surface area (Å²) in [6.45, 7) is 0.306. The maximum Gasteiger partial charge on any atom is 0.415 e. The molecule has 1 heterocycles. The molecule has 0 aromatic heterocycles. The molecule has 0 spiro atoms. The van der Waals surface area contributed by atoms with Gasteiger partial charge in [-0.15, -0.1) is 0 Å². The van der Waals surface area contributed by atoms with Gasteiger partial charge >= 0.3 is 6.09 Å². The summed E-state index contributed by atoms with van der Waals surface area (Å²) in [6, 6.07) is 15.3. The molecule has 3 nitrogen and oxygen atoms in total. The van der Waals surface area contributed by atoms with Crippen LogP contribution in [0.25, 0.3) is 0 Å². The Kier molecular flexibility index (Phi) is 2.91. The maximum absolute atomic E-state index is 13.0. The Morgan fingerprint density at radius 1 is 1.05 bits per heavy atom. The first-order chi connectivity index (χ1) is 9.25. The van der Waals surface area contributed by atoms with Crippen LogP contribution in [-0.2, 0) is 4.74 Å². The molecule has 0 saturated carbocycles. The number of anilines is 1. The molecule has 0 bridgehead atoms. The van der Waals surface area contributed by atoms with Crippen LogP contribution in [0, 0.1) is 5.82 Å². The van der Waals surface area contributed by atoms with Crippen molar-refractivity contribution < 1.29 is 13.9 Å². The van der Waals surface area contributed by atoms with E-state index in [4.69, 9.17) is 4.74 Å². The van der Waals surface area contributed by atoms with E-state index in [2.05, 4.69) is 0 Å². The van der Waals surface area contributed by atoms with Crippen molar-refractivity contribution in [2.24, 2.45) is 0 Å². The summed E-state index contributed by atoms with van der Waals surface area (Å²) >= 11 is 0. The van der Waals surface area contributed by atoms with Gasteiger partial charge in [-0.1, -0.05) is 30.3 Å². The summed E-state index contributed by atoms with van der Waals surface area (Å²) < 4.78 is 18.1. The normalized spacial score (nSPS) is 18.5. The number of carbonyl (C=O) groups is 1. The fourth-order valence-electron chi connectivity index (χ4n) is 2.23. The van der Waals surface area contributed by atoms with E-state index in [0.29, 0.717) is 12.3 Å². The number of rotatable bonds is 2. The topological polar surface area (TPSA) is 29.5 Å². The largest absolute Gasteiger partial charge is 0.447 e. The Hall–Kier alpha value is -2.36. The fourth-order valence-corrected chi connectivity index (χ4v) is 2.23. The van der Waals surface area contributed by atoms with Crippen molar-refractivity contribution in [3.8, 4) is 0 Å². The Bertz CT molecular complexity index is 583. The molecule has 19 heavy (non-hydrogen) atoms. The minimum absolute atomic E-state index is 0.167. The molecule has 1 aliphatic heterocycles. The quantitative estimate of drug-likeness (QED) is 0.823. The Morgan fingerprint density at radius 2 is 1.74 bits per heavy atom. The average Bonchev–Trinajstić information content (AvgIpc) is 2.83. The highest BCUT2D eigenvalue weighted by molar-refractivity contribution is 5.90. The molecule has 1 atom stereocenters. The zero-order valence-electron chi connectivity index (χ0n) is 10.1. The molecule has 2 aromatic carbocycles. The van der Waals surface area contributed by atoms with Crippen LogP contribution in [0.15, 0.2) is 54.6 Å². The number of nitrogens with zero attached hydrogens (tertiary/aromatic N) is 1. The van der Waals surface area contributed by atoms with Crippen molar-refractivity contribution in [3.05, 3.63) is 66.0 Å². The first kappa shape index (κ1) is 11.7. The molecule has 1 amide bonds. The van der Waals surface area contributed by atoms with Gasteiger partial charge in [0.2, 0.25) is 0 Å². The Labute approximate surface area is 110 Å². The van der Waals surface area contributed by atoms with Crippen molar-refractivity contribution >= 4 is 11.8 Å². The van der Waals surface area contributed by atoms with Crippen LogP contribution in [0.1, 0.15) is 11.6 Å². The van der Waals surface area contributed by atoms with Gasteiger partial charge in [0.25, 0.3) is 0 Å². The number of carbonyl (C=O) groups excluding carboxylic acids is 1. The summed E-state index contributed by atoms with van der Waals surface area (Å²) in [4.78, 5) is 13.4. The predicted octanol–water partition coefficient (Wildman–Crippen LogP) is 3.52. The highest BCUT2D eigenvalue weighted by Gasteiger charge is 2.35. The van der Waals surface area contributed by atoms with E-state index in [1.165, 1.54) is 12.1 Å². The number of ether oxygens (including phenoxy) is 1. The van der Waals surface area contributed by atoms with Gasteiger partial charge in [0.15, 0.2) is 0 Å². The second kappa shape index (κ2) is 4.72. The van der Waals surface area contributed by atoms with E-state index in [1.807, 2.05) is 30.3 Å². The lowest BCUT2D eigenvalue weighted by molar-refractivity contribution is 0.179. The van der Waals surface area contributed by atoms with Gasteiger partial charge in [0.05, 0.1) is 6.04 Å². The summed E-state index contributed by atoms with van der Waals surface area (Å²) in [6.07, 6.45) is -0.402. The van der Waals surface area contributed by atoms with E-state index in [9.17, 15) is 9.18 Å². The third-order valence-corrected chi connectivity index (χ3v) is 3.16. The van der Waals surface area contributed by atoms with E-state index in [-0.39, 0.29) is 11.9 Å². The van der Waals surface area contributed by atoms with E-state index in [0.717, 1.165) is 5.56 Å². The van der Waals surface area contributed by atoms with Crippen molar-refractivity contribution in [1.82, 2.24) is 0 Å². The highest BCUT2D eigenvalue weighted by Crippen LogP contribution is 2.32. The fraction of sp³-hybridized carbons (Fsp3) is 0.133. The monoisotopic (exact) mass is 257 g/mol. The smallest absolute Gasteiger partial charge is 0.415 e. The zero-order chi connectivity index (χ0) is 13.2. The molecule has 3 rings (SSSR count). The van der Waals surface area contributed by atoms with Crippen LogP contribution in [0.3, 0.4) is 0 Å². The maximum atomic E-state index is 13.0. The Balaban J connectivity index is 1.97. The van der Waals surface area contributed by atoms with Gasteiger partial charge in [-0.25, -0.2) is 9.18 Å². The molecular formula is C15H12FNO2. The lowest BCUT2D eigenvalue weighted by atomic mass is 10.1. The molecule has 0 aliphatic carbocycles. The van der Waals surface area contributed by atoms with Gasteiger partial charge < -0.3 is 4.74 Å². The van der Waals surface area contributed by atoms with Crippen LogP contribution < -0.4 is 4.90 Å². The molecule has 0 radical (unpaired) electrons. The number of hydrogen-bond donors (Lipinski definition) is 0. The number of amides is 1. The number of hydrogen-bond acceptors (Lipinski definition) is 2. The van der Waals surface area contributed by atoms with Crippen LogP contribution in [-0.4, -0.2) is 12.7 Å². The zero-order valence-corrected chi connectivity index (χ0v) is 10.1. The van der Waals surface area contributed by atoms with Crippen molar-refractivity contribution in [3.63, 3.8) is 0 Å². The minimum atomic E-state index is -0.402. The summed E-state index contributed by atoms with van der Waals surface area (Å²) in [5, 5.41) is 0. The molecule has 0 N–H and O–H groups in total. The molecule has 1 aliphatic rings. The van der Waals surface area contributed by atoms with Crippen LogP contribution in [0.4, 0.5) is 14.9 Å². The molecule has 2 aromatic rings. The lowest BCUT2D eigenvalue weighted by Crippen LogP contribution is -2.27. The molecular weight excluding hydrogens is 245 g/mol. The minimum Gasteiger partial charge on any atom is -0.447 e. The van der Waals surface area contributed by atoms with Gasteiger partial charge in [-0.05, 0) is 29.8 Å². The lowest BCUT2D eigenvalue weighted by Gasteiger charge is -2.21. The van der Waals surface area contributed by atoms with Gasteiger partial charge in [0, 0.05) is 5.69 Å². The third-order valence-electron chi connectivity index (χ3n) is 3.16. The van der Waals surface area contributed by atoms with Gasteiger partial charge in [-0.2, -0.15) is 0 Å². The number of halogens is 1. The first-order valence-corrected chi connectivity index (χ1v) is 6.02.